The quantitative estimate of drug-likeness (QED) is 0.137. The molecule has 0 aliphatic carbocycles. The average Bonchev–Trinajstić information content (AvgIpc) is 2.50. The van der Waals surface area contributed by atoms with Crippen LogP contribution in [-0.2, 0) is 9.68 Å². The normalized spacial score (nSPS) is 13.2. The molecule has 0 saturated carbocycles. The molecule has 0 aliphatic rings. The Kier molecular flexibility index (Phi) is 15.6. The molecular formula is C18H31FO3. The van der Waals surface area contributed by atoms with Crippen LogP contribution in [0.3, 0.4) is 0 Å². The first-order valence-corrected chi connectivity index (χ1v) is 8.52. The van der Waals surface area contributed by atoms with Gasteiger partial charge >= 0.3 is 6.04 Å². The van der Waals surface area contributed by atoms with E-state index in [0.717, 1.165) is 57.8 Å². The first kappa shape index (κ1) is 21.0. The van der Waals surface area contributed by atoms with Gasteiger partial charge in [0.05, 0.1) is 0 Å². The summed E-state index contributed by atoms with van der Waals surface area (Å²) in [7, 11) is 0. The minimum Gasteiger partial charge on any atom is -0.261 e. The summed E-state index contributed by atoms with van der Waals surface area (Å²) in [5.41, 5.74) is 0. The molecule has 3 nitrogen and oxygen atoms in total. The highest BCUT2D eigenvalue weighted by Gasteiger charge is 2.02. The highest BCUT2D eigenvalue weighted by Crippen LogP contribution is 2.09. The highest BCUT2D eigenvalue weighted by molar-refractivity contribution is 5.67. The number of carbonyl (C=O) groups is 1. The molecule has 1 unspecified atom stereocenters. The fourth-order valence-electron chi connectivity index (χ4n) is 2.20. The van der Waals surface area contributed by atoms with Crippen LogP contribution >= 0.6 is 0 Å². The largest absolute Gasteiger partial charge is 0.301 e. The lowest BCUT2D eigenvalue weighted by molar-refractivity contribution is -0.267. The summed E-state index contributed by atoms with van der Waals surface area (Å²) >= 11 is 0. The van der Waals surface area contributed by atoms with Crippen molar-refractivity contribution in [3.8, 4) is 0 Å². The smallest absolute Gasteiger partial charge is 0.261 e. The van der Waals surface area contributed by atoms with Crippen molar-refractivity contribution >= 4 is 6.04 Å². The summed E-state index contributed by atoms with van der Waals surface area (Å²) < 4.78 is 11.9. The lowest BCUT2D eigenvalue weighted by Crippen LogP contribution is -2.06. The zero-order valence-electron chi connectivity index (χ0n) is 13.8. The summed E-state index contributed by atoms with van der Waals surface area (Å²) in [5, 5.41) is 8.78. The lowest BCUT2D eigenvalue weighted by atomic mass is 10.1. The van der Waals surface area contributed by atoms with Crippen LogP contribution in [0.1, 0.15) is 77.6 Å². The van der Waals surface area contributed by atoms with Crippen LogP contribution in [0.15, 0.2) is 24.3 Å². The van der Waals surface area contributed by atoms with Crippen LogP contribution in [-0.4, -0.2) is 17.4 Å². The lowest BCUT2D eigenvalue weighted by Gasteiger charge is -2.07. The van der Waals surface area contributed by atoms with E-state index in [2.05, 4.69) is 17.9 Å². The van der Waals surface area contributed by atoms with E-state index in [4.69, 9.17) is 5.26 Å². The predicted octanol–water partition coefficient (Wildman–Crippen LogP) is 5.76. The Hall–Kier alpha value is -1.00. The van der Waals surface area contributed by atoms with Gasteiger partial charge in [-0.3, -0.25) is 10.1 Å². The maximum absolute atomic E-state index is 11.9. The Morgan fingerprint density at radius 3 is 2.50 bits per heavy atom. The summed E-state index contributed by atoms with van der Waals surface area (Å²) in [6.07, 6.45) is 17.8. The van der Waals surface area contributed by atoms with Gasteiger partial charge in [-0.05, 0) is 25.7 Å². The molecule has 0 aliphatic heterocycles. The van der Waals surface area contributed by atoms with Crippen LogP contribution in [0.5, 0.6) is 0 Å². The number of rotatable bonds is 15. The van der Waals surface area contributed by atoms with Crippen molar-refractivity contribution in [3.63, 3.8) is 0 Å². The fourth-order valence-corrected chi connectivity index (χ4v) is 2.20. The van der Waals surface area contributed by atoms with Gasteiger partial charge in [-0.25, -0.2) is 4.89 Å². The molecule has 0 amide bonds. The molecule has 0 spiro atoms. The maximum atomic E-state index is 11.9. The van der Waals surface area contributed by atoms with Gasteiger partial charge in [0.15, 0.2) is 0 Å². The molecule has 1 atom stereocenters. The van der Waals surface area contributed by atoms with Crippen LogP contribution < -0.4 is 0 Å². The number of unbranched alkanes of at least 4 members (excludes halogenated alkanes) is 7. The molecule has 22 heavy (non-hydrogen) atoms. The van der Waals surface area contributed by atoms with Gasteiger partial charge in [-0.15, -0.1) is 0 Å². The van der Waals surface area contributed by atoms with Gasteiger partial charge in [0.25, 0.3) is 0 Å². The van der Waals surface area contributed by atoms with Gasteiger partial charge in [0.2, 0.25) is 0 Å². The summed E-state index contributed by atoms with van der Waals surface area (Å²) in [5.74, 6) is 0. The highest BCUT2D eigenvalue weighted by atomic mass is 19.1. The summed E-state index contributed by atoms with van der Waals surface area (Å²) in [4.78, 5) is 14.5. The van der Waals surface area contributed by atoms with E-state index in [1.165, 1.54) is 0 Å². The molecule has 0 heterocycles. The number of carbonyl (C=O) groups excluding carboxylic acids is 1. The second-order valence-corrected chi connectivity index (χ2v) is 5.61. The zero-order valence-corrected chi connectivity index (χ0v) is 13.8. The Balaban J connectivity index is 3.51. The number of allylic oxidation sites excluding steroid dienone is 3. The van der Waals surface area contributed by atoms with E-state index in [1.54, 1.807) is 0 Å². The second-order valence-electron chi connectivity index (χ2n) is 5.61. The van der Waals surface area contributed by atoms with Gasteiger partial charge in [0, 0.05) is 6.42 Å². The third-order valence-corrected chi connectivity index (χ3v) is 3.54. The van der Waals surface area contributed by atoms with E-state index < -0.39 is 6.04 Å². The van der Waals surface area contributed by atoms with E-state index >= 15 is 0 Å². The fraction of sp³-hybridized carbons (Fsp3) is 0.722. The van der Waals surface area contributed by atoms with Crippen molar-refractivity contribution < 1.29 is 19.3 Å². The topological polar surface area (TPSA) is 46.5 Å². The maximum Gasteiger partial charge on any atom is 0.301 e. The molecule has 1 N–H and O–H groups in total. The third kappa shape index (κ3) is 15.4. The van der Waals surface area contributed by atoms with Crippen molar-refractivity contribution in [1.82, 2.24) is 0 Å². The average molecular weight is 314 g/mol. The molecular weight excluding hydrogens is 283 g/mol. The van der Waals surface area contributed by atoms with Crippen molar-refractivity contribution in [2.75, 3.05) is 0 Å². The number of hydrogen-bond donors (Lipinski definition) is 1. The SMILES string of the molecule is CCCCCC(/C=C/C=C\CCCCCCCC(=O)F)OO. The van der Waals surface area contributed by atoms with Crippen LogP contribution in [0, 0.1) is 0 Å². The Morgan fingerprint density at radius 2 is 1.82 bits per heavy atom. The van der Waals surface area contributed by atoms with Gasteiger partial charge in [-0.1, -0.05) is 69.8 Å². The minimum atomic E-state index is -1.20. The first-order valence-electron chi connectivity index (χ1n) is 8.52. The van der Waals surface area contributed by atoms with Gasteiger partial charge < -0.3 is 0 Å². The molecule has 128 valence electrons. The molecule has 0 radical (unpaired) electrons. The Labute approximate surface area is 134 Å². The van der Waals surface area contributed by atoms with Crippen molar-refractivity contribution in [2.24, 2.45) is 0 Å². The molecule has 0 bridgehead atoms. The molecule has 0 aromatic rings. The van der Waals surface area contributed by atoms with Gasteiger partial charge in [0.1, 0.15) is 6.10 Å². The Bertz CT molecular complexity index is 313. The number of halogens is 1. The summed E-state index contributed by atoms with van der Waals surface area (Å²) in [6.45, 7) is 2.15. The van der Waals surface area contributed by atoms with Crippen LogP contribution in [0.4, 0.5) is 4.39 Å². The Morgan fingerprint density at radius 1 is 1.09 bits per heavy atom. The van der Waals surface area contributed by atoms with Crippen LogP contribution in [0.25, 0.3) is 0 Å². The zero-order chi connectivity index (χ0) is 16.5. The van der Waals surface area contributed by atoms with Gasteiger partial charge in [-0.2, -0.15) is 4.39 Å². The van der Waals surface area contributed by atoms with Crippen molar-refractivity contribution in [1.29, 1.82) is 0 Å². The van der Waals surface area contributed by atoms with E-state index in [9.17, 15) is 9.18 Å². The van der Waals surface area contributed by atoms with Crippen molar-refractivity contribution in [3.05, 3.63) is 24.3 Å². The van der Waals surface area contributed by atoms with E-state index in [1.807, 2.05) is 18.2 Å². The molecule has 0 saturated heterocycles. The minimum absolute atomic E-state index is 0.0665. The standard InChI is InChI=1S/C18H31FO3/c1-2-3-11-14-17(22-21)15-12-9-7-5-4-6-8-10-13-16-18(19)20/h7,9,12,15,17,21H,2-6,8,10-11,13-14,16H2,1H3/b9-7-,15-12+. The number of hydrogen-bond acceptors (Lipinski definition) is 3. The molecule has 0 rings (SSSR count). The van der Waals surface area contributed by atoms with Crippen molar-refractivity contribution in [2.45, 2.75) is 83.7 Å². The van der Waals surface area contributed by atoms with E-state index in [-0.39, 0.29) is 12.5 Å². The molecule has 0 fully saturated rings. The molecule has 0 aromatic heterocycles. The second kappa shape index (κ2) is 16.4. The first-order chi connectivity index (χ1) is 10.7. The predicted molar refractivity (Wildman–Crippen MR) is 88.4 cm³/mol. The monoisotopic (exact) mass is 314 g/mol. The third-order valence-electron chi connectivity index (χ3n) is 3.54. The molecule has 4 heteroatoms. The van der Waals surface area contributed by atoms with E-state index in [0.29, 0.717) is 6.42 Å². The molecule has 0 aromatic carbocycles. The summed E-state index contributed by atoms with van der Waals surface area (Å²) in [6, 6.07) is -1.20. The van der Waals surface area contributed by atoms with Crippen LogP contribution in [0.2, 0.25) is 0 Å².